The molecule has 0 bridgehead atoms. The zero-order valence-electron chi connectivity index (χ0n) is 16.0. The van der Waals surface area contributed by atoms with Gasteiger partial charge in [0.05, 0.1) is 17.9 Å². The topological polar surface area (TPSA) is 43.8 Å². The van der Waals surface area contributed by atoms with E-state index in [1.54, 1.807) is 13.1 Å². The predicted molar refractivity (Wildman–Crippen MR) is 112 cm³/mol. The zero-order valence-corrected chi connectivity index (χ0v) is 16.0. The summed E-state index contributed by atoms with van der Waals surface area (Å²) in [4.78, 5) is 13.3. The number of fused-ring (bicyclic) bond motifs is 1. The summed E-state index contributed by atoms with van der Waals surface area (Å²) < 4.78 is 14.0. The van der Waals surface area contributed by atoms with Crippen LogP contribution in [0, 0.1) is 5.82 Å². The molecular formula is C22H24FN5. The first kappa shape index (κ1) is 18.2. The van der Waals surface area contributed by atoms with E-state index in [0.717, 1.165) is 43.2 Å². The van der Waals surface area contributed by atoms with Crippen molar-refractivity contribution in [3.8, 4) is 0 Å². The van der Waals surface area contributed by atoms with Crippen molar-refractivity contribution in [1.82, 2.24) is 15.2 Å². The van der Waals surface area contributed by atoms with Crippen LogP contribution >= 0.6 is 0 Å². The zero-order chi connectivity index (χ0) is 19.3. The van der Waals surface area contributed by atoms with Crippen molar-refractivity contribution < 1.29 is 4.39 Å². The van der Waals surface area contributed by atoms with Gasteiger partial charge in [0.25, 0.3) is 0 Å². The second-order valence-electron chi connectivity index (χ2n) is 6.81. The molecule has 0 spiro atoms. The second-order valence-corrected chi connectivity index (χ2v) is 6.81. The minimum absolute atomic E-state index is 0.166. The van der Waals surface area contributed by atoms with Crippen LogP contribution in [0.4, 0.5) is 10.1 Å². The van der Waals surface area contributed by atoms with Crippen LogP contribution in [0.15, 0.2) is 65.8 Å². The standard InChI is InChI=1S/C22H24FN5/c1-24-22(26-16-20-18-7-3-2-6-17(18)10-11-25-20)28-14-12-27(13-15-28)21-9-5-4-8-19(21)23/h2-11H,12-16H2,1H3,(H,24,26). The number of halogens is 1. The highest BCUT2D eigenvalue weighted by Gasteiger charge is 2.21. The summed E-state index contributed by atoms with van der Waals surface area (Å²) in [5.41, 5.74) is 1.68. The maximum Gasteiger partial charge on any atom is 0.194 e. The number of pyridine rings is 1. The van der Waals surface area contributed by atoms with E-state index in [1.807, 2.05) is 36.5 Å². The minimum Gasteiger partial charge on any atom is -0.366 e. The third-order valence-corrected chi connectivity index (χ3v) is 5.15. The Kier molecular flexibility index (Phi) is 5.37. The number of benzene rings is 2. The van der Waals surface area contributed by atoms with Gasteiger partial charge in [-0.3, -0.25) is 9.98 Å². The molecule has 0 radical (unpaired) electrons. The Morgan fingerprint density at radius 1 is 1.04 bits per heavy atom. The van der Waals surface area contributed by atoms with Gasteiger partial charge in [0, 0.05) is 44.8 Å². The molecule has 6 heteroatoms. The lowest BCUT2D eigenvalue weighted by atomic mass is 10.1. The van der Waals surface area contributed by atoms with E-state index < -0.39 is 0 Å². The van der Waals surface area contributed by atoms with Gasteiger partial charge < -0.3 is 15.1 Å². The number of hydrogen-bond acceptors (Lipinski definition) is 3. The predicted octanol–water partition coefficient (Wildman–Crippen LogP) is 3.27. The summed E-state index contributed by atoms with van der Waals surface area (Å²) in [6.45, 7) is 3.71. The lowest BCUT2D eigenvalue weighted by molar-refractivity contribution is 0.370. The van der Waals surface area contributed by atoms with Crippen LogP contribution in [-0.2, 0) is 6.54 Å². The average molecular weight is 377 g/mol. The Hall–Kier alpha value is -3.15. The third kappa shape index (κ3) is 3.76. The van der Waals surface area contributed by atoms with Crippen LogP contribution in [0.3, 0.4) is 0 Å². The summed E-state index contributed by atoms with van der Waals surface area (Å²) in [6.07, 6.45) is 1.84. The fourth-order valence-electron chi connectivity index (χ4n) is 3.69. The van der Waals surface area contributed by atoms with Crippen LogP contribution in [-0.4, -0.2) is 49.1 Å². The number of piperazine rings is 1. The molecule has 0 aliphatic carbocycles. The number of hydrogen-bond donors (Lipinski definition) is 1. The van der Waals surface area contributed by atoms with Gasteiger partial charge >= 0.3 is 0 Å². The molecule has 1 aliphatic rings. The molecule has 2 aromatic carbocycles. The Labute approximate surface area is 164 Å². The van der Waals surface area contributed by atoms with Gasteiger partial charge in [0.2, 0.25) is 0 Å². The normalized spacial score (nSPS) is 15.1. The van der Waals surface area contributed by atoms with Crippen molar-refractivity contribution in [1.29, 1.82) is 0 Å². The first-order valence-electron chi connectivity index (χ1n) is 9.54. The van der Waals surface area contributed by atoms with Gasteiger partial charge in [-0.25, -0.2) is 4.39 Å². The van der Waals surface area contributed by atoms with E-state index in [9.17, 15) is 4.39 Å². The summed E-state index contributed by atoms with van der Waals surface area (Å²) in [5.74, 6) is 0.684. The summed E-state index contributed by atoms with van der Waals surface area (Å²) >= 11 is 0. The minimum atomic E-state index is -0.166. The lowest BCUT2D eigenvalue weighted by Gasteiger charge is -2.37. The fourth-order valence-corrected chi connectivity index (χ4v) is 3.69. The van der Waals surface area contributed by atoms with E-state index in [0.29, 0.717) is 12.2 Å². The van der Waals surface area contributed by atoms with Gasteiger partial charge in [-0.2, -0.15) is 0 Å². The maximum absolute atomic E-state index is 14.0. The van der Waals surface area contributed by atoms with E-state index in [4.69, 9.17) is 0 Å². The number of guanidine groups is 1. The van der Waals surface area contributed by atoms with E-state index in [-0.39, 0.29) is 5.82 Å². The summed E-state index contributed by atoms with van der Waals surface area (Å²) in [7, 11) is 1.79. The highest BCUT2D eigenvalue weighted by Crippen LogP contribution is 2.20. The molecule has 28 heavy (non-hydrogen) atoms. The van der Waals surface area contributed by atoms with Crippen molar-refractivity contribution >= 4 is 22.4 Å². The van der Waals surface area contributed by atoms with Gasteiger partial charge in [-0.15, -0.1) is 0 Å². The number of nitrogens with one attached hydrogen (secondary N) is 1. The van der Waals surface area contributed by atoms with Crippen LogP contribution in [0.5, 0.6) is 0 Å². The molecule has 1 saturated heterocycles. The molecule has 4 rings (SSSR count). The molecule has 0 saturated carbocycles. The molecular weight excluding hydrogens is 353 g/mol. The molecule has 1 fully saturated rings. The Bertz CT molecular complexity index is 974. The van der Waals surface area contributed by atoms with Gasteiger partial charge in [-0.1, -0.05) is 36.4 Å². The number of para-hydroxylation sites is 1. The van der Waals surface area contributed by atoms with Crippen molar-refractivity contribution in [2.75, 3.05) is 38.1 Å². The Morgan fingerprint density at radius 2 is 1.79 bits per heavy atom. The quantitative estimate of drug-likeness (QED) is 0.562. The van der Waals surface area contributed by atoms with Gasteiger partial charge in [0.1, 0.15) is 5.82 Å². The third-order valence-electron chi connectivity index (χ3n) is 5.15. The molecule has 1 N–H and O–H groups in total. The smallest absolute Gasteiger partial charge is 0.194 e. The molecule has 1 aromatic heterocycles. The molecule has 3 aromatic rings. The van der Waals surface area contributed by atoms with Gasteiger partial charge in [-0.05, 0) is 23.6 Å². The highest BCUT2D eigenvalue weighted by atomic mass is 19.1. The molecule has 5 nitrogen and oxygen atoms in total. The van der Waals surface area contributed by atoms with Crippen LogP contribution in [0.1, 0.15) is 5.69 Å². The number of aromatic nitrogens is 1. The van der Waals surface area contributed by atoms with E-state index in [1.165, 1.54) is 11.5 Å². The lowest BCUT2D eigenvalue weighted by Crippen LogP contribution is -2.52. The van der Waals surface area contributed by atoms with Crippen LogP contribution in [0.2, 0.25) is 0 Å². The van der Waals surface area contributed by atoms with Crippen molar-refractivity contribution in [3.05, 3.63) is 72.3 Å². The molecule has 0 amide bonds. The van der Waals surface area contributed by atoms with E-state index >= 15 is 0 Å². The summed E-state index contributed by atoms with van der Waals surface area (Å²) in [5, 5.41) is 5.77. The SMILES string of the molecule is CN=C(NCc1nccc2ccccc12)N1CCN(c2ccccc2F)CC1. The van der Waals surface area contributed by atoms with Crippen molar-refractivity contribution in [2.45, 2.75) is 6.54 Å². The van der Waals surface area contributed by atoms with Crippen molar-refractivity contribution in [3.63, 3.8) is 0 Å². The Morgan fingerprint density at radius 3 is 2.57 bits per heavy atom. The first-order valence-corrected chi connectivity index (χ1v) is 9.54. The molecule has 0 unspecified atom stereocenters. The molecule has 144 valence electrons. The second kappa shape index (κ2) is 8.25. The van der Waals surface area contributed by atoms with Crippen molar-refractivity contribution in [2.24, 2.45) is 4.99 Å². The number of nitrogens with zero attached hydrogens (tertiary/aromatic N) is 4. The number of aliphatic imine (C=N–C) groups is 1. The summed E-state index contributed by atoms with van der Waals surface area (Å²) in [6, 6.07) is 17.2. The molecule has 2 heterocycles. The Balaban J connectivity index is 1.40. The first-order chi connectivity index (χ1) is 13.8. The highest BCUT2D eigenvalue weighted by molar-refractivity contribution is 5.85. The number of rotatable bonds is 3. The monoisotopic (exact) mass is 377 g/mol. The average Bonchev–Trinajstić information content (AvgIpc) is 2.75. The molecule has 0 atom stereocenters. The van der Waals surface area contributed by atoms with Gasteiger partial charge in [0.15, 0.2) is 5.96 Å². The maximum atomic E-state index is 14.0. The number of anilines is 1. The largest absolute Gasteiger partial charge is 0.366 e. The van der Waals surface area contributed by atoms with Crippen LogP contribution < -0.4 is 10.2 Å². The van der Waals surface area contributed by atoms with Crippen LogP contribution in [0.25, 0.3) is 10.8 Å². The van der Waals surface area contributed by atoms with E-state index in [2.05, 4.69) is 37.2 Å². The molecule has 1 aliphatic heterocycles. The fraction of sp³-hybridized carbons (Fsp3) is 0.273.